The fourth-order valence-corrected chi connectivity index (χ4v) is 5.38. The fourth-order valence-electron chi connectivity index (χ4n) is 5.38. The minimum absolute atomic E-state index is 0. The number of rotatable bonds is 18. The predicted molar refractivity (Wildman–Crippen MR) is 332 cm³/mol. The van der Waals surface area contributed by atoms with Crippen LogP contribution in [0, 0.1) is 11.8 Å². The Morgan fingerprint density at radius 3 is 1.10 bits per heavy atom. The second kappa shape index (κ2) is 52.7. The second-order valence-electron chi connectivity index (χ2n) is 18.8. The summed E-state index contributed by atoms with van der Waals surface area (Å²) >= 11 is 0. The van der Waals surface area contributed by atoms with Gasteiger partial charge in [0.1, 0.15) is 29.7 Å². The molecule has 0 aliphatic heterocycles. The van der Waals surface area contributed by atoms with Crippen LogP contribution in [0.3, 0.4) is 0 Å². The van der Waals surface area contributed by atoms with Crippen LogP contribution < -0.4 is 9.47 Å². The summed E-state index contributed by atoms with van der Waals surface area (Å²) < 4.78 is 14.3. The van der Waals surface area contributed by atoms with Crippen molar-refractivity contribution >= 4 is 86.6 Å². The van der Waals surface area contributed by atoms with Crippen LogP contribution in [0.15, 0.2) is 109 Å². The van der Waals surface area contributed by atoms with Gasteiger partial charge in [-0.1, -0.05) is 198 Å². The molecule has 0 aromatic heterocycles. The third-order valence-corrected chi connectivity index (χ3v) is 9.84. The molecule has 4 aromatic carbocycles. The standard InChI is InChI=1S/C13H16O3.C12H14O3.2C11H14O.C6H9BO3.C3H7B.3C2H5B.CH4/c1-9(14)13(3,4)11-7-5-6-8-12(11)16-10(2)15;1-9(14)12(2,3)10-6-4-5-7-11(10)15-8-13;2*1-9(2)8-11(12)10-6-4-3-5-7-10;1-5(8)10-4-6(9)2-3-7;1-2-3-4;3*1-2-3;/h5-8H,1-4H3;4-8H,1-3H3;2*3-7,9H,8H2,1-2H3;2-4H2,1H3;2-3H2,1H3;3*2H2,1H3;1H4. The van der Waals surface area contributed by atoms with E-state index in [-0.39, 0.29) is 55.3 Å². The van der Waals surface area contributed by atoms with E-state index >= 15 is 0 Å². The summed E-state index contributed by atoms with van der Waals surface area (Å²) in [6.07, 6.45) is 6.03. The zero-order valence-corrected chi connectivity index (χ0v) is 50.1. The maximum absolute atomic E-state index is 11.6. The number of hydrogen-bond acceptors (Lipinski definition) is 11. The van der Waals surface area contributed by atoms with Gasteiger partial charge < -0.3 is 14.2 Å². The van der Waals surface area contributed by atoms with Gasteiger partial charge >= 0.3 is 11.9 Å². The number of Topliss-reactive ketones (excluding diaryl/α,β-unsaturated/α-hetero) is 5. The van der Waals surface area contributed by atoms with Crippen LogP contribution in [0.5, 0.6) is 11.5 Å². The molecule has 0 unspecified atom stereocenters. The van der Waals surface area contributed by atoms with Gasteiger partial charge in [-0.2, -0.15) is 0 Å². The minimum Gasteiger partial charge on any atom is -0.458 e. The molecule has 16 heteroatoms. The Bertz CT molecular complexity index is 2170. The van der Waals surface area contributed by atoms with Crippen molar-refractivity contribution in [2.24, 2.45) is 11.8 Å². The lowest BCUT2D eigenvalue weighted by atomic mass is 9.81. The van der Waals surface area contributed by atoms with Crippen LogP contribution in [-0.4, -0.2) is 93.2 Å². The van der Waals surface area contributed by atoms with Crippen LogP contribution in [0.4, 0.5) is 0 Å². The van der Waals surface area contributed by atoms with Crippen molar-refractivity contribution in [3.63, 3.8) is 0 Å². The third kappa shape index (κ3) is 45.5. The van der Waals surface area contributed by atoms with Gasteiger partial charge in [-0.05, 0) is 65.5 Å². The smallest absolute Gasteiger partial charge is 0.308 e. The molecule has 0 aliphatic rings. The first kappa shape index (κ1) is 84.3. The Morgan fingerprint density at radius 2 is 0.823 bits per heavy atom. The van der Waals surface area contributed by atoms with Crippen molar-refractivity contribution in [3.05, 3.63) is 131 Å². The van der Waals surface area contributed by atoms with E-state index in [0.717, 1.165) is 54.0 Å². The van der Waals surface area contributed by atoms with E-state index in [9.17, 15) is 38.4 Å². The minimum atomic E-state index is -0.647. The number of hydrogen-bond donors (Lipinski definition) is 0. The van der Waals surface area contributed by atoms with Gasteiger partial charge in [-0.15, -0.1) is 0 Å². The summed E-state index contributed by atoms with van der Waals surface area (Å²) in [5, 5.41) is 0. The zero-order valence-electron chi connectivity index (χ0n) is 50.1. The molecule has 0 amide bonds. The molecule has 0 atom stereocenters. The number of esters is 2. The number of para-hydroxylation sites is 2. The van der Waals surface area contributed by atoms with Crippen molar-refractivity contribution in [2.45, 2.75) is 186 Å². The lowest BCUT2D eigenvalue weighted by Crippen LogP contribution is -2.27. The summed E-state index contributed by atoms with van der Waals surface area (Å²) in [5.41, 5.74) is 1.82. The van der Waals surface area contributed by atoms with Gasteiger partial charge in [0.05, 0.1) is 50.1 Å². The van der Waals surface area contributed by atoms with E-state index in [2.05, 4.69) is 39.4 Å². The van der Waals surface area contributed by atoms with Crippen LogP contribution in [0.1, 0.15) is 176 Å². The van der Waals surface area contributed by atoms with E-state index in [1.165, 1.54) is 27.7 Å². The number of ketones is 5. The van der Waals surface area contributed by atoms with Crippen molar-refractivity contribution in [3.8, 4) is 11.5 Å². The number of ether oxygens (including phenoxy) is 3. The number of carbonyl (C=O) groups is 8. The molecule has 0 bridgehead atoms. The largest absolute Gasteiger partial charge is 0.458 e. The molecule has 0 spiro atoms. The van der Waals surface area contributed by atoms with E-state index in [1.807, 2.05) is 121 Å². The molecule has 79 heavy (non-hydrogen) atoms. The maximum atomic E-state index is 11.6. The van der Waals surface area contributed by atoms with Crippen LogP contribution in [-0.2, 0) is 44.3 Å². The van der Waals surface area contributed by atoms with Crippen molar-refractivity contribution in [1.29, 1.82) is 0 Å². The SMILES string of the molecule is C.CC(=O)C(C)(C)c1ccccc1OC=O.CC(=O)Oc1ccccc1C(C)(C)C(C)=O.CC(C)CC(=O)c1ccccc1.CC(C)CC(=O)c1ccccc1.[B]CC.[B]CC.[B]CC.[B]CCC.[B]CCC(=O)COC(C)=O. The Kier molecular flexibility index (Phi) is 56.2. The fraction of sp³-hybridized carbons (Fsp3) is 0.492. The highest BCUT2D eigenvalue weighted by Gasteiger charge is 2.30. The van der Waals surface area contributed by atoms with E-state index < -0.39 is 16.8 Å². The van der Waals surface area contributed by atoms with Crippen LogP contribution in [0.2, 0.25) is 31.6 Å². The highest BCUT2D eigenvalue weighted by molar-refractivity contribution is 6.10. The Balaban J connectivity index is -0.000000200. The zero-order chi connectivity index (χ0) is 61.3. The van der Waals surface area contributed by atoms with Gasteiger partial charge in [0, 0.05) is 55.4 Å². The second-order valence-corrected chi connectivity index (χ2v) is 18.8. The molecule has 10 radical (unpaired) electrons. The monoisotopic (exact) mass is 1080 g/mol. The molecular formula is C63H93B5O11. The summed E-state index contributed by atoms with van der Waals surface area (Å²) in [4.78, 5) is 88.0. The number of benzene rings is 4. The van der Waals surface area contributed by atoms with Crippen LogP contribution >= 0.6 is 0 Å². The van der Waals surface area contributed by atoms with Crippen LogP contribution in [0.25, 0.3) is 0 Å². The quantitative estimate of drug-likeness (QED) is 0.0306. The topological polar surface area (TPSA) is 164 Å². The Labute approximate surface area is 484 Å². The Hall–Kier alpha value is -6.04. The highest BCUT2D eigenvalue weighted by Crippen LogP contribution is 2.33. The average Bonchev–Trinajstić information content (AvgIpc) is 3.37. The van der Waals surface area contributed by atoms with Gasteiger partial charge in [0.25, 0.3) is 6.47 Å². The van der Waals surface area contributed by atoms with Gasteiger partial charge in [-0.3, -0.25) is 38.4 Å². The van der Waals surface area contributed by atoms with Crippen molar-refractivity contribution in [1.82, 2.24) is 0 Å². The van der Waals surface area contributed by atoms with Gasteiger partial charge in [-0.25, -0.2) is 0 Å². The summed E-state index contributed by atoms with van der Waals surface area (Å²) in [7, 11) is 24.6. The van der Waals surface area contributed by atoms with Gasteiger partial charge in [0.2, 0.25) is 0 Å². The molecule has 4 rings (SSSR count). The molecular weight excluding hydrogens is 987 g/mol. The molecule has 0 aliphatic carbocycles. The first-order valence-electron chi connectivity index (χ1n) is 26.4. The average molecular weight is 1080 g/mol. The molecule has 0 fully saturated rings. The highest BCUT2D eigenvalue weighted by atomic mass is 16.5. The molecule has 0 heterocycles. The van der Waals surface area contributed by atoms with E-state index in [4.69, 9.17) is 48.7 Å². The first-order valence-corrected chi connectivity index (χ1v) is 26.4. The lowest BCUT2D eigenvalue weighted by molar-refractivity contribution is -0.145. The summed E-state index contributed by atoms with van der Waals surface area (Å²) in [5.74, 6) is 1.36. The van der Waals surface area contributed by atoms with E-state index in [1.54, 1.807) is 36.4 Å². The molecule has 426 valence electrons. The molecule has 0 N–H and O–H groups in total. The molecule has 0 saturated carbocycles. The summed E-state index contributed by atoms with van der Waals surface area (Å²) in [6, 6.07) is 33.0. The molecule has 0 saturated heterocycles. The number of carbonyl (C=O) groups excluding carboxylic acids is 8. The van der Waals surface area contributed by atoms with E-state index in [0.29, 0.717) is 49.0 Å². The third-order valence-electron chi connectivity index (χ3n) is 9.84. The van der Waals surface area contributed by atoms with Crippen molar-refractivity contribution < 1.29 is 52.6 Å². The Morgan fingerprint density at radius 1 is 0.506 bits per heavy atom. The summed E-state index contributed by atoms with van der Waals surface area (Å²) in [6.45, 7) is 29.1. The van der Waals surface area contributed by atoms with Gasteiger partial charge in [0.15, 0.2) is 17.3 Å². The maximum Gasteiger partial charge on any atom is 0.308 e. The predicted octanol–water partition coefficient (Wildman–Crippen LogP) is 13.9. The molecule has 4 aromatic rings. The lowest BCUT2D eigenvalue weighted by Gasteiger charge is -2.23. The molecule has 11 nitrogen and oxygen atoms in total. The first-order chi connectivity index (χ1) is 36.6. The van der Waals surface area contributed by atoms with Crippen molar-refractivity contribution in [2.75, 3.05) is 6.61 Å². The normalized spacial score (nSPS) is 9.54.